The first-order chi connectivity index (χ1) is 31.2. The third-order valence-corrected chi connectivity index (χ3v) is 13.1. The van der Waals surface area contributed by atoms with Gasteiger partial charge in [0.1, 0.15) is 12.1 Å². The van der Waals surface area contributed by atoms with Crippen molar-refractivity contribution in [2.45, 2.75) is 283 Å². The number of hydrogen-bond donors (Lipinski definition) is 5. The largest absolute Gasteiger partial charge is 0.472 e. The number of esters is 2. The van der Waals surface area contributed by atoms with Crippen LogP contribution in [0.2, 0.25) is 0 Å². The molecule has 1 aliphatic rings. The van der Waals surface area contributed by atoms with Gasteiger partial charge in [0.05, 0.1) is 6.61 Å². The predicted octanol–water partition coefficient (Wildman–Crippen LogP) is 12.3. The van der Waals surface area contributed by atoms with Crippen molar-refractivity contribution in [3.05, 3.63) is 0 Å². The molecule has 0 spiro atoms. The quantitative estimate of drug-likeness (QED) is 0.0218. The molecule has 0 bridgehead atoms. The van der Waals surface area contributed by atoms with E-state index in [-0.39, 0.29) is 19.3 Å². The summed E-state index contributed by atoms with van der Waals surface area (Å²) in [6.45, 7) is 5.67. The molecule has 1 fully saturated rings. The fourth-order valence-corrected chi connectivity index (χ4v) is 9.16. The van der Waals surface area contributed by atoms with E-state index in [9.17, 15) is 43.1 Å². The minimum absolute atomic E-state index is 0.0166. The first-order valence-corrected chi connectivity index (χ1v) is 29.0. The molecule has 0 aliphatic carbocycles. The van der Waals surface area contributed by atoms with Crippen molar-refractivity contribution in [2.75, 3.05) is 6.61 Å². The average Bonchev–Trinajstić information content (AvgIpc) is 3.24. The number of rotatable bonds is 44. The molecule has 0 saturated carbocycles. The van der Waals surface area contributed by atoms with Crippen LogP contribution in [0, 0.1) is 0 Å². The van der Waals surface area contributed by atoms with Crippen LogP contribution < -0.4 is 5.32 Å². The van der Waals surface area contributed by atoms with Crippen LogP contribution in [-0.4, -0.2) is 74.7 Å². The molecule has 65 heavy (non-hydrogen) atoms. The zero-order valence-electron chi connectivity index (χ0n) is 40.8. The number of phosphoric ester groups is 2. The number of nitrogens with one attached hydrogen (secondary N) is 1. The molecule has 2 unspecified atom stereocenters. The Bertz CT molecular complexity index is 1300. The zero-order valence-corrected chi connectivity index (χ0v) is 42.6. The molecule has 5 atom stereocenters. The molecule has 1 saturated heterocycles. The smallest absolute Gasteiger partial charge is 0.456 e. The normalized spacial score (nSPS) is 19.0. The zero-order chi connectivity index (χ0) is 48.0. The van der Waals surface area contributed by atoms with E-state index in [1.807, 2.05) is 0 Å². The first-order valence-electron chi connectivity index (χ1n) is 26.0. The molecule has 17 heteroatoms. The predicted molar refractivity (Wildman–Crippen MR) is 255 cm³/mol. The van der Waals surface area contributed by atoms with Crippen molar-refractivity contribution < 1.29 is 66.3 Å². The molecule has 1 rings (SSSR count). The second-order valence-electron chi connectivity index (χ2n) is 18.3. The van der Waals surface area contributed by atoms with Gasteiger partial charge >= 0.3 is 27.6 Å². The Labute approximate surface area is 393 Å². The Morgan fingerprint density at radius 2 is 0.785 bits per heavy atom. The summed E-state index contributed by atoms with van der Waals surface area (Å²) in [5, 5.41) is 2.69. The molecular formula is C48H93NO14P2. The van der Waals surface area contributed by atoms with Gasteiger partial charge in [-0.05, 0) is 19.3 Å². The number of carbonyl (C=O) groups is 3. The SMILES string of the molecule is CCCCCCCCCCCCCC(=O)NC1[C@@H](OP(=O)(O)O)OC(COP(=O)(O)O)[C@@H](OC(=O)CCCCCCCCCCCCC)[C@@H]1OC(=O)CCCCCCCCCCCCC. The maximum Gasteiger partial charge on any atom is 0.472 e. The first kappa shape index (κ1) is 61.6. The van der Waals surface area contributed by atoms with Gasteiger partial charge in [0.25, 0.3) is 0 Å². The molecule has 1 heterocycles. The molecule has 15 nitrogen and oxygen atoms in total. The van der Waals surface area contributed by atoms with Gasteiger partial charge < -0.3 is 39.1 Å². The number of amides is 1. The van der Waals surface area contributed by atoms with Crippen molar-refractivity contribution >= 4 is 33.5 Å². The summed E-state index contributed by atoms with van der Waals surface area (Å²) in [6, 6.07) is -1.57. The summed E-state index contributed by atoms with van der Waals surface area (Å²) in [6.07, 6.45) is 28.4. The number of unbranched alkanes of at least 4 members (excludes halogenated alkanes) is 30. The van der Waals surface area contributed by atoms with Gasteiger partial charge in [0, 0.05) is 19.3 Å². The van der Waals surface area contributed by atoms with Gasteiger partial charge in [0.15, 0.2) is 18.5 Å². The number of carbonyl (C=O) groups excluding carboxylic acids is 3. The minimum Gasteiger partial charge on any atom is -0.456 e. The Morgan fingerprint density at radius 3 is 1.12 bits per heavy atom. The molecule has 0 aromatic rings. The van der Waals surface area contributed by atoms with Gasteiger partial charge in [-0.2, -0.15) is 0 Å². The molecule has 384 valence electrons. The maximum absolute atomic E-state index is 13.6. The van der Waals surface area contributed by atoms with Crippen LogP contribution in [0.1, 0.15) is 252 Å². The van der Waals surface area contributed by atoms with E-state index in [2.05, 4.69) is 26.1 Å². The third-order valence-electron chi connectivity index (χ3n) is 12.1. The highest BCUT2D eigenvalue weighted by Gasteiger charge is 2.53. The van der Waals surface area contributed by atoms with Crippen LogP contribution in [0.5, 0.6) is 0 Å². The Balaban J connectivity index is 3.12. The van der Waals surface area contributed by atoms with Crippen molar-refractivity contribution in [3.63, 3.8) is 0 Å². The maximum atomic E-state index is 13.6. The van der Waals surface area contributed by atoms with Crippen molar-refractivity contribution in [1.82, 2.24) is 5.32 Å². The van der Waals surface area contributed by atoms with Gasteiger partial charge in [0.2, 0.25) is 5.91 Å². The van der Waals surface area contributed by atoms with Gasteiger partial charge in [-0.25, -0.2) is 9.13 Å². The van der Waals surface area contributed by atoms with Crippen molar-refractivity contribution in [3.8, 4) is 0 Å². The Kier molecular flexibility index (Phi) is 37.4. The fourth-order valence-electron chi connectivity index (χ4n) is 8.37. The standard InChI is InChI=1S/C48H93NO14P2/c1-4-7-10-13-16-19-22-25-28-31-34-37-42(50)49-45-47(62-44(52)39-36-33-30-27-24-21-18-15-12-9-6-3)46(41(40-59-64(53,54)55)60-48(45)63-65(56,57)58)61-43(51)38-35-32-29-26-23-20-17-14-11-8-5-2/h41,45-48H,4-40H2,1-3H3,(H,49,50)(H2,53,54,55)(H2,56,57,58)/t41?,45?,46-,47-,48-/m1/s1. The van der Waals surface area contributed by atoms with Crippen LogP contribution in [0.4, 0.5) is 0 Å². The van der Waals surface area contributed by atoms with Gasteiger partial charge in [-0.15, -0.1) is 0 Å². The van der Waals surface area contributed by atoms with E-state index >= 15 is 0 Å². The van der Waals surface area contributed by atoms with E-state index in [0.29, 0.717) is 19.3 Å². The summed E-state index contributed by atoms with van der Waals surface area (Å²) in [5.41, 5.74) is 0. The summed E-state index contributed by atoms with van der Waals surface area (Å²) in [5.74, 6) is -1.95. The third kappa shape index (κ3) is 35.4. The summed E-state index contributed by atoms with van der Waals surface area (Å²) >= 11 is 0. The highest BCUT2D eigenvalue weighted by Crippen LogP contribution is 2.43. The van der Waals surface area contributed by atoms with E-state index < -0.39 is 70.7 Å². The molecule has 1 amide bonds. The lowest BCUT2D eigenvalue weighted by Crippen LogP contribution is -2.66. The summed E-state index contributed by atoms with van der Waals surface area (Å²) in [7, 11) is -10.5. The lowest BCUT2D eigenvalue weighted by molar-refractivity contribution is -0.258. The monoisotopic (exact) mass is 970 g/mol. The van der Waals surface area contributed by atoms with Crippen LogP contribution in [-0.2, 0) is 46.8 Å². The Morgan fingerprint density at radius 1 is 0.462 bits per heavy atom. The van der Waals surface area contributed by atoms with Crippen molar-refractivity contribution in [2.24, 2.45) is 0 Å². The minimum atomic E-state index is -5.34. The van der Waals surface area contributed by atoms with E-state index in [1.54, 1.807) is 0 Å². The molecular weight excluding hydrogens is 876 g/mol. The molecule has 0 aromatic heterocycles. The van der Waals surface area contributed by atoms with Crippen LogP contribution in [0.3, 0.4) is 0 Å². The van der Waals surface area contributed by atoms with E-state index in [1.165, 1.54) is 116 Å². The lowest BCUT2D eigenvalue weighted by atomic mass is 9.95. The Hall–Kier alpha value is -1.41. The molecule has 0 aromatic carbocycles. The van der Waals surface area contributed by atoms with Crippen LogP contribution in [0.15, 0.2) is 0 Å². The number of hydrogen-bond acceptors (Lipinski definition) is 10. The summed E-state index contributed by atoms with van der Waals surface area (Å²) in [4.78, 5) is 79.5. The molecule has 1 aliphatic heterocycles. The van der Waals surface area contributed by atoms with E-state index in [0.717, 1.165) is 77.0 Å². The lowest BCUT2D eigenvalue weighted by Gasteiger charge is -2.45. The van der Waals surface area contributed by atoms with E-state index in [4.69, 9.17) is 23.3 Å². The highest BCUT2D eigenvalue weighted by atomic mass is 31.2. The average molecular weight is 970 g/mol. The summed E-state index contributed by atoms with van der Waals surface area (Å²) < 4.78 is 51.5. The molecule has 0 radical (unpaired) electrons. The highest BCUT2D eigenvalue weighted by molar-refractivity contribution is 7.46. The molecule has 5 N–H and O–H groups in total. The fraction of sp³-hybridized carbons (Fsp3) is 0.938. The van der Waals surface area contributed by atoms with Gasteiger partial charge in [-0.1, -0.05) is 213 Å². The second-order valence-corrected chi connectivity index (χ2v) is 20.7. The second kappa shape index (κ2) is 39.4. The van der Waals surface area contributed by atoms with Gasteiger partial charge in [-0.3, -0.25) is 23.4 Å². The van der Waals surface area contributed by atoms with Crippen LogP contribution >= 0.6 is 15.6 Å². The van der Waals surface area contributed by atoms with Crippen LogP contribution in [0.25, 0.3) is 0 Å². The van der Waals surface area contributed by atoms with Crippen molar-refractivity contribution in [1.29, 1.82) is 0 Å². The topological polar surface area (TPSA) is 224 Å². The number of phosphoric acid groups is 2. The number of ether oxygens (including phenoxy) is 3.